The van der Waals surface area contributed by atoms with Crippen LogP contribution in [0.15, 0.2) is 83.9 Å². The Morgan fingerprint density at radius 1 is 0.971 bits per heavy atom. The number of benzene rings is 3. The summed E-state index contributed by atoms with van der Waals surface area (Å²) in [4.78, 5) is 27.1. The van der Waals surface area contributed by atoms with E-state index in [0.29, 0.717) is 16.8 Å². The molecule has 0 radical (unpaired) electrons. The van der Waals surface area contributed by atoms with Gasteiger partial charge in [0.15, 0.2) is 0 Å². The van der Waals surface area contributed by atoms with Crippen LogP contribution in [-0.2, 0) is 21.2 Å². The van der Waals surface area contributed by atoms with Crippen LogP contribution in [0.1, 0.15) is 21.5 Å². The second kappa shape index (κ2) is 9.50. The molecule has 4 rings (SSSR count). The third-order valence-corrected chi connectivity index (χ3v) is 6.92. The molecule has 0 saturated heterocycles. The van der Waals surface area contributed by atoms with E-state index >= 15 is 0 Å². The zero-order valence-electron chi connectivity index (χ0n) is 18.3. The summed E-state index contributed by atoms with van der Waals surface area (Å²) in [6.07, 6.45) is 1.66. The van der Waals surface area contributed by atoms with Crippen molar-refractivity contribution in [1.82, 2.24) is 9.71 Å². The SMILES string of the molecule is Cc1ccc(C(=O)Nc2ccc(S(=O)(=O)N[C@@H](Cc3c[nH]c4ccccc34)C(=O)O)cc2)cc1. The number of carboxylic acid groups (broad SMARTS) is 1. The molecule has 0 aliphatic rings. The largest absolute Gasteiger partial charge is 0.480 e. The molecule has 9 heteroatoms. The predicted molar refractivity (Wildman–Crippen MR) is 129 cm³/mol. The highest BCUT2D eigenvalue weighted by Crippen LogP contribution is 2.21. The van der Waals surface area contributed by atoms with E-state index < -0.39 is 22.0 Å². The fourth-order valence-electron chi connectivity index (χ4n) is 3.58. The van der Waals surface area contributed by atoms with Gasteiger partial charge in [0, 0.05) is 34.8 Å². The first-order valence-electron chi connectivity index (χ1n) is 10.5. The number of carbonyl (C=O) groups excluding carboxylic acids is 1. The molecule has 4 aromatic rings. The molecule has 3 aromatic carbocycles. The number of aromatic amines is 1. The van der Waals surface area contributed by atoms with Crippen LogP contribution in [0.25, 0.3) is 10.9 Å². The first-order chi connectivity index (χ1) is 16.2. The highest BCUT2D eigenvalue weighted by atomic mass is 32.2. The van der Waals surface area contributed by atoms with E-state index in [4.69, 9.17) is 0 Å². The zero-order valence-corrected chi connectivity index (χ0v) is 19.1. The number of carboxylic acids is 1. The molecule has 0 unspecified atom stereocenters. The average molecular weight is 478 g/mol. The molecule has 0 aliphatic carbocycles. The normalized spacial score (nSPS) is 12.4. The lowest BCUT2D eigenvalue weighted by Gasteiger charge is -2.15. The summed E-state index contributed by atoms with van der Waals surface area (Å²) in [5.74, 6) is -1.60. The molecule has 0 aliphatic heterocycles. The maximum Gasteiger partial charge on any atom is 0.322 e. The van der Waals surface area contributed by atoms with Crippen molar-refractivity contribution < 1.29 is 23.1 Å². The second-order valence-electron chi connectivity index (χ2n) is 7.92. The number of aliphatic carboxylic acids is 1. The van der Waals surface area contributed by atoms with Gasteiger partial charge in [-0.2, -0.15) is 4.72 Å². The van der Waals surface area contributed by atoms with Crippen molar-refractivity contribution in [2.75, 3.05) is 5.32 Å². The van der Waals surface area contributed by atoms with Crippen LogP contribution in [0.4, 0.5) is 5.69 Å². The summed E-state index contributed by atoms with van der Waals surface area (Å²) in [6.45, 7) is 1.92. The standard InChI is InChI=1S/C25H23N3O5S/c1-16-6-8-17(9-7-16)24(29)27-19-10-12-20(13-11-19)34(32,33)28-23(25(30)31)14-18-15-26-22-5-3-2-4-21(18)22/h2-13,15,23,26,28H,14H2,1H3,(H,27,29)(H,30,31)/t23-/m0/s1. The Bertz CT molecular complexity index is 1440. The van der Waals surface area contributed by atoms with E-state index in [0.717, 1.165) is 16.5 Å². The van der Waals surface area contributed by atoms with Crippen molar-refractivity contribution in [1.29, 1.82) is 0 Å². The van der Waals surface area contributed by atoms with Gasteiger partial charge in [-0.1, -0.05) is 35.9 Å². The predicted octanol–water partition coefficient (Wildman–Crippen LogP) is 3.70. The number of para-hydroxylation sites is 1. The Morgan fingerprint density at radius 3 is 2.32 bits per heavy atom. The maximum absolute atomic E-state index is 12.9. The van der Waals surface area contributed by atoms with Crippen LogP contribution >= 0.6 is 0 Å². The van der Waals surface area contributed by atoms with E-state index in [1.807, 2.05) is 43.3 Å². The highest BCUT2D eigenvalue weighted by Gasteiger charge is 2.26. The number of anilines is 1. The molecule has 0 saturated carbocycles. The van der Waals surface area contributed by atoms with Gasteiger partial charge >= 0.3 is 5.97 Å². The summed E-state index contributed by atoms with van der Waals surface area (Å²) < 4.78 is 28.0. The number of carbonyl (C=O) groups is 2. The van der Waals surface area contributed by atoms with E-state index in [9.17, 15) is 23.1 Å². The fourth-order valence-corrected chi connectivity index (χ4v) is 4.77. The minimum atomic E-state index is -4.12. The summed E-state index contributed by atoms with van der Waals surface area (Å²) in [7, 11) is -4.12. The van der Waals surface area contributed by atoms with Gasteiger partial charge in [-0.15, -0.1) is 0 Å². The number of hydrogen-bond acceptors (Lipinski definition) is 4. The summed E-state index contributed by atoms with van der Waals surface area (Å²) in [5, 5.41) is 13.2. The molecule has 34 heavy (non-hydrogen) atoms. The van der Waals surface area contributed by atoms with Crippen molar-refractivity contribution in [2.45, 2.75) is 24.3 Å². The molecule has 0 spiro atoms. The van der Waals surface area contributed by atoms with E-state index in [-0.39, 0.29) is 17.2 Å². The van der Waals surface area contributed by atoms with Crippen LogP contribution in [0.5, 0.6) is 0 Å². The van der Waals surface area contributed by atoms with Crippen molar-refractivity contribution in [3.63, 3.8) is 0 Å². The first-order valence-corrected chi connectivity index (χ1v) is 12.0. The number of nitrogens with one attached hydrogen (secondary N) is 3. The number of aromatic nitrogens is 1. The van der Waals surface area contributed by atoms with Gasteiger partial charge in [0.05, 0.1) is 4.90 Å². The molecule has 1 aromatic heterocycles. The lowest BCUT2D eigenvalue weighted by Crippen LogP contribution is -2.42. The van der Waals surface area contributed by atoms with Gasteiger partial charge in [-0.05, 0) is 55.0 Å². The Kier molecular flexibility index (Phi) is 6.49. The molecule has 1 atom stereocenters. The van der Waals surface area contributed by atoms with Crippen LogP contribution < -0.4 is 10.0 Å². The number of H-pyrrole nitrogens is 1. The van der Waals surface area contributed by atoms with Gasteiger partial charge in [-0.3, -0.25) is 9.59 Å². The Balaban J connectivity index is 1.47. The fraction of sp³-hybridized carbons (Fsp3) is 0.120. The molecular weight excluding hydrogens is 454 g/mol. The molecule has 1 heterocycles. The quantitative estimate of drug-likeness (QED) is 0.308. The Morgan fingerprint density at radius 2 is 1.65 bits per heavy atom. The number of hydrogen-bond donors (Lipinski definition) is 4. The molecule has 1 amide bonds. The minimum Gasteiger partial charge on any atom is -0.480 e. The molecule has 0 fully saturated rings. The molecule has 4 N–H and O–H groups in total. The molecule has 0 bridgehead atoms. The third kappa shape index (κ3) is 5.16. The molecule has 8 nitrogen and oxygen atoms in total. The van der Waals surface area contributed by atoms with Gasteiger partial charge in [0.25, 0.3) is 5.91 Å². The number of fused-ring (bicyclic) bond motifs is 1. The smallest absolute Gasteiger partial charge is 0.322 e. The minimum absolute atomic E-state index is 0.0245. The third-order valence-electron chi connectivity index (χ3n) is 5.43. The van der Waals surface area contributed by atoms with Crippen molar-refractivity contribution in [3.05, 3.63) is 95.7 Å². The van der Waals surface area contributed by atoms with Gasteiger partial charge < -0.3 is 15.4 Å². The van der Waals surface area contributed by atoms with Crippen LogP contribution in [-0.4, -0.2) is 36.4 Å². The lowest BCUT2D eigenvalue weighted by molar-refractivity contribution is -0.138. The zero-order chi connectivity index (χ0) is 24.3. The van der Waals surface area contributed by atoms with Crippen LogP contribution in [0, 0.1) is 6.92 Å². The maximum atomic E-state index is 12.9. The van der Waals surface area contributed by atoms with Crippen LogP contribution in [0.2, 0.25) is 0 Å². The second-order valence-corrected chi connectivity index (χ2v) is 9.63. The highest BCUT2D eigenvalue weighted by molar-refractivity contribution is 7.89. The van der Waals surface area contributed by atoms with Crippen molar-refractivity contribution in [3.8, 4) is 0 Å². The number of amides is 1. The van der Waals surface area contributed by atoms with E-state index in [1.165, 1.54) is 24.3 Å². The molecular formula is C25H23N3O5S. The average Bonchev–Trinajstić information content (AvgIpc) is 3.22. The van der Waals surface area contributed by atoms with Crippen LogP contribution in [0.3, 0.4) is 0 Å². The monoisotopic (exact) mass is 477 g/mol. The molecule has 174 valence electrons. The summed E-state index contributed by atoms with van der Waals surface area (Å²) in [6, 6.07) is 18.6. The van der Waals surface area contributed by atoms with E-state index in [2.05, 4.69) is 15.0 Å². The lowest BCUT2D eigenvalue weighted by atomic mass is 10.1. The van der Waals surface area contributed by atoms with Crippen molar-refractivity contribution in [2.24, 2.45) is 0 Å². The topological polar surface area (TPSA) is 128 Å². The summed E-state index contributed by atoms with van der Waals surface area (Å²) in [5.41, 5.74) is 3.46. The van der Waals surface area contributed by atoms with Gasteiger partial charge in [0.2, 0.25) is 10.0 Å². The first kappa shape index (κ1) is 23.2. The Hall–Kier alpha value is -3.95. The summed E-state index contributed by atoms with van der Waals surface area (Å²) >= 11 is 0. The van der Waals surface area contributed by atoms with Crippen molar-refractivity contribution >= 4 is 38.5 Å². The van der Waals surface area contributed by atoms with Gasteiger partial charge in [-0.25, -0.2) is 8.42 Å². The number of aryl methyl sites for hydroxylation is 1. The van der Waals surface area contributed by atoms with E-state index in [1.54, 1.807) is 18.3 Å². The number of rotatable bonds is 8. The van der Waals surface area contributed by atoms with Gasteiger partial charge in [0.1, 0.15) is 6.04 Å². The number of sulfonamides is 1. The Labute approximate surface area is 196 Å².